The van der Waals surface area contributed by atoms with Gasteiger partial charge in [-0.2, -0.15) is 0 Å². The highest BCUT2D eigenvalue weighted by Crippen LogP contribution is 2.12. The monoisotopic (exact) mass is 407 g/mol. The molecule has 1 saturated heterocycles. The Kier molecular flexibility index (Phi) is 7.37. The summed E-state index contributed by atoms with van der Waals surface area (Å²) in [6.07, 6.45) is 0.506. The van der Waals surface area contributed by atoms with Crippen molar-refractivity contribution >= 4 is 29.9 Å². The first kappa shape index (κ1) is 18.2. The molecule has 2 N–H and O–H groups in total. The Labute approximate surface area is 142 Å². The predicted octanol–water partition coefficient (Wildman–Crippen LogP) is 2.28. The van der Waals surface area contributed by atoms with Crippen LogP contribution in [0.1, 0.15) is 24.5 Å². The summed E-state index contributed by atoms with van der Waals surface area (Å²) in [7, 11) is 0. The molecule has 6 heteroatoms. The van der Waals surface area contributed by atoms with Crippen molar-refractivity contribution in [3.63, 3.8) is 0 Å². The number of nitrogens with one attached hydrogen (secondary N) is 1. The lowest BCUT2D eigenvalue weighted by molar-refractivity contribution is 0.188. The van der Waals surface area contributed by atoms with Crippen molar-refractivity contribution < 1.29 is 9.50 Å². The van der Waals surface area contributed by atoms with Crippen LogP contribution >= 0.6 is 24.0 Å². The van der Waals surface area contributed by atoms with E-state index in [0.29, 0.717) is 18.7 Å². The zero-order chi connectivity index (χ0) is 14.5. The third-order valence-electron chi connectivity index (χ3n) is 3.43. The third kappa shape index (κ3) is 5.10. The first-order valence-electron chi connectivity index (χ1n) is 7.06. The van der Waals surface area contributed by atoms with E-state index in [2.05, 4.69) is 15.2 Å². The number of halogens is 2. The average molecular weight is 407 g/mol. The van der Waals surface area contributed by atoms with E-state index < -0.39 is 0 Å². The molecule has 4 nitrogen and oxygen atoms in total. The standard InChI is InChI=1S/C15H22FN3O.HI/c1-3-17-15(19-7-6-13(20)10-19)18-9-12-4-5-14(16)11(2)8-12;/h4-5,8,13,20H,3,6-7,9-10H2,1-2H3,(H,17,18);1H/t13-;/m1./s1. The largest absolute Gasteiger partial charge is 0.391 e. The number of aliphatic hydroxyl groups is 1. The summed E-state index contributed by atoms with van der Waals surface area (Å²) in [5.41, 5.74) is 1.62. The number of aliphatic imine (C=N–C) groups is 1. The van der Waals surface area contributed by atoms with Crippen molar-refractivity contribution in [2.24, 2.45) is 4.99 Å². The van der Waals surface area contributed by atoms with Gasteiger partial charge in [-0.15, -0.1) is 24.0 Å². The molecule has 1 aliphatic rings. The molecule has 0 amide bonds. The zero-order valence-corrected chi connectivity index (χ0v) is 14.8. The molecule has 0 aromatic heterocycles. The number of aryl methyl sites for hydroxylation is 1. The van der Waals surface area contributed by atoms with E-state index in [4.69, 9.17) is 0 Å². The highest BCUT2D eigenvalue weighted by Gasteiger charge is 2.22. The summed E-state index contributed by atoms with van der Waals surface area (Å²) >= 11 is 0. The fourth-order valence-electron chi connectivity index (χ4n) is 2.33. The molecule has 1 aromatic rings. The summed E-state index contributed by atoms with van der Waals surface area (Å²) < 4.78 is 13.2. The van der Waals surface area contributed by atoms with Crippen LogP contribution in [0.3, 0.4) is 0 Å². The highest BCUT2D eigenvalue weighted by atomic mass is 127. The van der Waals surface area contributed by atoms with Crippen LogP contribution < -0.4 is 5.32 Å². The number of β-amino-alcohol motifs (C(OH)–C–C–N with tert-alkyl or cyclic N) is 1. The van der Waals surface area contributed by atoms with Gasteiger partial charge in [0, 0.05) is 19.6 Å². The molecule has 1 heterocycles. The van der Waals surface area contributed by atoms with E-state index >= 15 is 0 Å². The Morgan fingerprint density at radius 3 is 2.86 bits per heavy atom. The normalized spacial score (nSPS) is 18.6. The summed E-state index contributed by atoms with van der Waals surface area (Å²) in [5.74, 6) is 0.623. The fourth-order valence-corrected chi connectivity index (χ4v) is 2.33. The minimum absolute atomic E-state index is 0. The van der Waals surface area contributed by atoms with Crippen molar-refractivity contribution in [3.8, 4) is 0 Å². The van der Waals surface area contributed by atoms with Gasteiger partial charge >= 0.3 is 0 Å². The van der Waals surface area contributed by atoms with Gasteiger partial charge in [0.1, 0.15) is 5.82 Å². The number of rotatable bonds is 3. The van der Waals surface area contributed by atoms with E-state index in [-0.39, 0.29) is 35.9 Å². The first-order chi connectivity index (χ1) is 9.60. The van der Waals surface area contributed by atoms with E-state index in [1.54, 1.807) is 13.0 Å². The van der Waals surface area contributed by atoms with Crippen molar-refractivity contribution in [2.45, 2.75) is 32.9 Å². The smallest absolute Gasteiger partial charge is 0.194 e. The molecule has 118 valence electrons. The van der Waals surface area contributed by atoms with E-state index in [9.17, 15) is 9.50 Å². The number of hydrogen-bond acceptors (Lipinski definition) is 2. The fraction of sp³-hybridized carbons (Fsp3) is 0.533. The number of likely N-dealkylation sites (tertiary alicyclic amines) is 1. The van der Waals surface area contributed by atoms with Crippen LogP contribution in [0, 0.1) is 12.7 Å². The molecule has 1 aliphatic heterocycles. The average Bonchev–Trinajstić information content (AvgIpc) is 2.85. The van der Waals surface area contributed by atoms with Crippen LogP contribution in [0.4, 0.5) is 4.39 Å². The maximum Gasteiger partial charge on any atom is 0.194 e. The second-order valence-corrected chi connectivity index (χ2v) is 5.14. The van der Waals surface area contributed by atoms with Gasteiger partial charge in [0.2, 0.25) is 0 Å². The number of benzene rings is 1. The minimum Gasteiger partial charge on any atom is -0.391 e. The quantitative estimate of drug-likeness (QED) is 0.459. The van der Waals surface area contributed by atoms with Gasteiger partial charge in [0.15, 0.2) is 5.96 Å². The van der Waals surface area contributed by atoms with Crippen molar-refractivity contribution in [1.29, 1.82) is 0 Å². The Morgan fingerprint density at radius 1 is 1.52 bits per heavy atom. The van der Waals surface area contributed by atoms with Crippen LogP contribution in [-0.4, -0.2) is 41.7 Å². The summed E-state index contributed by atoms with van der Waals surface area (Å²) in [5, 5.41) is 12.8. The second kappa shape index (κ2) is 8.53. The lowest BCUT2D eigenvalue weighted by atomic mass is 10.1. The van der Waals surface area contributed by atoms with Gasteiger partial charge in [-0.1, -0.05) is 12.1 Å². The topological polar surface area (TPSA) is 47.9 Å². The molecule has 21 heavy (non-hydrogen) atoms. The maximum atomic E-state index is 13.2. The molecule has 1 atom stereocenters. The SMILES string of the molecule is CCNC(=NCc1ccc(F)c(C)c1)N1CC[C@@H](O)C1.I. The Morgan fingerprint density at radius 2 is 2.29 bits per heavy atom. The third-order valence-corrected chi connectivity index (χ3v) is 3.43. The van der Waals surface area contributed by atoms with Gasteiger partial charge in [-0.3, -0.25) is 0 Å². The second-order valence-electron chi connectivity index (χ2n) is 5.14. The van der Waals surface area contributed by atoms with Crippen LogP contribution in [0.2, 0.25) is 0 Å². The minimum atomic E-state index is -0.271. The molecule has 0 aliphatic carbocycles. The number of guanidine groups is 1. The summed E-state index contributed by atoms with van der Waals surface area (Å²) in [4.78, 5) is 6.63. The van der Waals surface area contributed by atoms with Gasteiger partial charge in [0.05, 0.1) is 12.6 Å². The molecule has 1 aromatic carbocycles. The first-order valence-corrected chi connectivity index (χ1v) is 7.06. The molecule has 0 spiro atoms. The Bertz CT molecular complexity index is 496. The van der Waals surface area contributed by atoms with Crippen LogP contribution in [-0.2, 0) is 6.54 Å². The zero-order valence-electron chi connectivity index (χ0n) is 12.5. The van der Waals surface area contributed by atoms with Gasteiger partial charge in [-0.05, 0) is 37.5 Å². The van der Waals surface area contributed by atoms with E-state index in [0.717, 1.165) is 31.0 Å². The summed E-state index contributed by atoms with van der Waals surface area (Å²) in [6.45, 7) is 6.50. The summed E-state index contributed by atoms with van der Waals surface area (Å²) in [6, 6.07) is 5.06. The van der Waals surface area contributed by atoms with Crippen molar-refractivity contribution in [2.75, 3.05) is 19.6 Å². The number of aliphatic hydroxyl groups excluding tert-OH is 1. The number of nitrogens with zero attached hydrogens (tertiary/aromatic N) is 2. The molecule has 0 bridgehead atoms. The Hall–Kier alpha value is -0.890. The molecule has 0 radical (unpaired) electrons. The predicted molar refractivity (Wildman–Crippen MR) is 93.6 cm³/mol. The lowest BCUT2D eigenvalue weighted by Crippen LogP contribution is -2.40. The van der Waals surface area contributed by atoms with Crippen LogP contribution in [0.15, 0.2) is 23.2 Å². The maximum absolute atomic E-state index is 13.2. The lowest BCUT2D eigenvalue weighted by Gasteiger charge is -2.21. The van der Waals surface area contributed by atoms with E-state index in [1.807, 2.05) is 13.0 Å². The molecular formula is C15H23FIN3O. The van der Waals surface area contributed by atoms with Crippen LogP contribution in [0.5, 0.6) is 0 Å². The van der Waals surface area contributed by atoms with E-state index in [1.165, 1.54) is 6.07 Å². The van der Waals surface area contributed by atoms with Gasteiger partial charge in [0.25, 0.3) is 0 Å². The molecule has 2 rings (SSSR count). The Balaban J connectivity index is 0.00000220. The highest BCUT2D eigenvalue weighted by molar-refractivity contribution is 14.0. The van der Waals surface area contributed by atoms with Crippen molar-refractivity contribution in [3.05, 3.63) is 35.1 Å². The van der Waals surface area contributed by atoms with Crippen molar-refractivity contribution in [1.82, 2.24) is 10.2 Å². The molecule has 0 unspecified atom stereocenters. The van der Waals surface area contributed by atoms with Gasteiger partial charge in [-0.25, -0.2) is 9.38 Å². The molecule has 0 saturated carbocycles. The van der Waals surface area contributed by atoms with Gasteiger partial charge < -0.3 is 15.3 Å². The molecule has 1 fully saturated rings. The van der Waals surface area contributed by atoms with Crippen LogP contribution in [0.25, 0.3) is 0 Å². The number of hydrogen-bond donors (Lipinski definition) is 2. The molecular weight excluding hydrogens is 384 g/mol.